The smallest absolute Gasteiger partial charge is 0.418 e. The SMILES string of the molecule is CC(C)(C)OC(=O)NSN1CCCC(C(c2ccc(F)cc2)c2ccc(F)cc2)C1. The number of amides is 1. The molecule has 1 unspecified atom stereocenters. The minimum atomic E-state index is -0.550. The molecule has 0 saturated carbocycles. The number of ether oxygens (including phenoxy) is 1. The number of nitrogens with one attached hydrogen (secondary N) is 1. The van der Waals surface area contributed by atoms with Crippen LogP contribution in [0.2, 0.25) is 0 Å². The summed E-state index contributed by atoms with van der Waals surface area (Å²) in [6.45, 7) is 7.05. The minimum absolute atomic E-state index is 0.0103. The predicted octanol–water partition coefficient (Wildman–Crippen LogP) is 5.90. The number of hydrogen-bond donors (Lipinski definition) is 1. The van der Waals surface area contributed by atoms with Crippen molar-refractivity contribution in [1.29, 1.82) is 0 Å². The van der Waals surface area contributed by atoms with Crippen LogP contribution in [-0.4, -0.2) is 29.1 Å². The summed E-state index contributed by atoms with van der Waals surface area (Å²) in [7, 11) is 0. The normalized spacial score (nSPS) is 17.7. The molecule has 7 heteroatoms. The minimum Gasteiger partial charge on any atom is -0.443 e. The number of halogens is 2. The van der Waals surface area contributed by atoms with Gasteiger partial charge in [0.05, 0.1) is 0 Å². The maximum absolute atomic E-state index is 13.5. The second-order valence-electron chi connectivity index (χ2n) is 8.57. The second-order valence-corrected chi connectivity index (χ2v) is 9.47. The van der Waals surface area contributed by atoms with Crippen LogP contribution < -0.4 is 4.72 Å². The zero-order valence-corrected chi connectivity index (χ0v) is 18.3. The van der Waals surface area contributed by atoms with Crippen LogP contribution in [0.5, 0.6) is 0 Å². The third-order valence-electron chi connectivity index (χ3n) is 5.01. The summed E-state index contributed by atoms with van der Waals surface area (Å²) in [5.41, 5.74) is 1.45. The topological polar surface area (TPSA) is 41.6 Å². The Hall–Kier alpha value is -2.12. The van der Waals surface area contributed by atoms with Crippen LogP contribution >= 0.6 is 12.1 Å². The number of carbonyl (C=O) groups is 1. The first-order chi connectivity index (χ1) is 14.2. The molecule has 1 fully saturated rings. The number of nitrogens with zero attached hydrogens (tertiary/aromatic N) is 1. The zero-order chi connectivity index (χ0) is 21.7. The summed E-state index contributed by atoms with van der Waals surface area (Å²) < 4.78 is 37.1. The van der Waals surface area contributed by atoms with Crippen LogP contribution in [0, 0.1) is 17.6 Å². The lowest BCUT2D eigenvalue weighted by atomic mass is 9.77. The fraction of sp³-hybridized carbons (Fsp3) is 0.435. The van der Waals surface area contributed by atoms with E-state index in [-0.39, 0.29) is 23.5 Å². The molecular weight excluding hydrogens is 406 g/mol. The maximum atomic E-state index is 13.5. The summed E-state index contributed by atoms with van der Waals surface area (Å²) in [6, 6.07) is 13.1. The van der Waals surface area contributed by atoms with Crippen LogP contribution in [0.25, 0.3) is 0 Å². The molecule has 30 heavy (non-hydrogen) atoms. The molecule has 0 spiro atoms. The van der Waals surface area contributed by atoms with Crippen LogP contribution in [0.4, 0.5) is 13.6 Å². The number of piperidine rings is 1. The van der Waals surface area contributed by atoms with Gasteiger partial charge in [0, 0.05) is 31.1 Å². The van der Waals surface area contributed by atoms with Gasteiger partial charge < -0.3 is 4.74 Å². The Bertz CT molecular complexity index is 792. The predicted molar refractivity (Wildman–Crippen MR) is 116 cm³/mol. The standard InChI is InChI=1S/C23H28F2N2O2S/c1-23(2,3)29-22(28)26-30-27-14-4-5-18(15-27)21(16-6-10-19(24)11-7-16)17-8-12-20(25)13-9-17/h6-13,18,21H,4-5,14-15H2,1-3H3,(H,26,28). The maximum Gasteiger partial charge on any atom is 0.418 e. The van der Waals surface area contributed by atoms with Crippen LogP contribution in [-0.2, 0) is 4.74 Å². The average Bonchev–Trinajstić information content (AvgIpc) is 2.69. The number of carbonyl (C=O) groups excluding carboxylic acids is 1. The van der Waals surface area contributed by atoms with E-state index < -0.39 is 11.7 Å². The van der Waals surface area contributed by atoms with E-state index in [1.807, 2.05) is 20.8 Å². The number of rotatable bonds is 5. The lowest BCUT2D eigenvalue weighted by molar-refractivity contribution is 0.0572. The second kappa shape index (κ2) is 9.79. The van der Waals surface area contributed by atoms with E-state index in [4.69, 9.17) is 4.74 Å². The van der Waals surface area contributed by atoms with E-state index in [1.54, 1.807) is 24.3 Å². The fourth-order valence-corrected chi connectivity index (χ4v) is 4.54. The fourth-order valence-electron chi connectivity index (χ4n) is 3.81. The monoisotopic (exact) mass is 434 g/mol. The van der Waals surface area contributed by atoms with E-state index in [0.29, 0.717) is 0 Å². The number of hydrogen-bond acceptors (Lipinski definition) is 4. The van der Waals surface area contributed by atoms with Gasteiger partial charge in [-0.2, -0.15) is 0 Å². The molecule has 3 rings (SSSR count). The van der Waals surface area contributed by atoms with Gasteiger partial charge >= 0.3 is 6.09 Å². The van der Waals surface area contributed by atoms with Gasteiger partial charge in [-0.05, 0) is 74.9 Å². The molecule has 2 aromatic rings. The molecule has 1 aliphatic rings. The van der Waals surface area contributed by atoms with Crippen molar-refractivity contribution in [2.24, 2.45) is 5.92 Å². The van der Waals surface area contributed by atoms with Gasteiger partial charge in [-0.15, -0.1) is 0 Å². The Balaban J connectivity index is 1.74. The molecule has 4 nitrogen and oxygen atoms in total. The van der Waals surface area contributed by atoms with Gasteiger partial charge in [-0.25, -0.2) is 17.9 Å². The Labute approximate surface area is 181 Å². The molecule has 0 bridgehead atoms. The van der Waals surface area contributed by atoms with Crippen LogP contribution in [0.1, 0.15) is 50.7 Å². The highest BCUT2D eigenvalue weighted by Gasteiger charge is 2.30. The molecule has 1 heterocycles. The summed E-state index contributed by atoms with van der Waals surface area (Å²) in [4.78, 5) is 12.0. The highest BCUT2D eigenvalue weighted by Crippen LogP contribution is 2.38. The third-order valence-corrected chi connectivity index (χ3v) is 5.85. The Morgan fingerprint density at radius 3 is 2.10 bits per heavy atom. The first-order valence-corrected chi connectivity index (χ1v) is 10.9. The van der Waals surface area contributed by atoms with Gasteiger partial charge in [-0.3, -0.25) is 4.72 Å². The van der Waals surface area contributed by atoms with Crippen LogP contribution in [0.15, 0.2) is 48.5 Å². The Kier molecular flexibility index (Phi) is 7.36. The van der Waals surface area contributed by atoms with Crippen molar-refractivity contribution in [2.45, 2.75) is 45.1 Å². The van der Waals surface area contributed by atoms with Crippen molar-refractivity contribution >= 4 is 18.2 Å². The van der Waals surface area contributed by atoms with Crippen molar-refractivity contribution in [2.75, 3.05) is 13.1 Å². The highest BCUT2D eigenvalue weighted by atomic mass is 32.2. The number of benzene rings is 2. The van der Waals surface area contributed by atoms with E-state index in [0.717, 1.165) is 37.1 Å². The molecule has 1 N–H and O–H groups in total. The summed E-state index contributed by atoms with van der Waals surface area (Å²) in [5, 5.41) is 0. The van der Waals surface area contributed by atoms with Gasteiger partial charge in [0.25, 0.3) is 0 Å². The van der Waals surface area contributed by atoms with Crippen molar-refractivity contribution < 1.29 is 18.3 Å². The first kappa shape index (κ1) is 22.6. The molecule has 1 saturated heterocycles. The molecule has 1 aliphatic heterocycles. The molecular formula is C23H28F2N2O2S. The Morgan fingerprint density at radius 1 is 1.07 bits per heavy atom. The van der Waals surface area contributed by atoms with Crippen LogP contribution in [0.3, 0.4) is 0 Å². The molecule has 2 aromatic carbocycles. The Morgan fingerprint density at radius 2 is 1.60 bits per heavy atom. The highest BCUT2D eigenvalue weighted by molar-refractivity contribution is 7.95. The first-order valence-electron chi connectivity index (χ1n) is 10.1. The largest absolute Gasteiger partial charge is 0.443 e. The van der Waals surface area contributed by atoms with E-state index in [9.17, 15) is 13.6 Å². The molecule has 162 valence electrons. The lowest BCUT2D eigenvalue weighted by Crippen LogP contribution is -2.38. The van der Waals surface area contributed by atoms with Gasteiger partial charge in [0.2, 0.25) is 0 Å². The van der Waals surface area contributed by atoms with Crippen molar-refractivity contribution in [3.05, 3.63) is 71.3 Å². The molecule has 1 amide bonds. The van der Waals surface area contributed by atoms with Crippen molar-refractivity contribution in [1.82, 2.24) is 9.03 Å². The average molecular weight is 435 g/mol. The quantitative estimate of drug-likeness (QED) is 0.595. The summed E-state index contributed by atoms with van der Waals surface area (Å²) >= 11 is 1.25. The lowest BCUT2D eigenvalue weighted by Gasteiger charge is -2.36. The third kappa shape index (κ3) is 6.44. The summed E-state index contributed by atoms with van der Waals surface area (Å²) in [5.74, 6) is -0.309. The molecule has 0 aromatic heterocycles. The van der Waals surface area contributed by atoms with E-state index >= 15 is 0 Å². The zero-order valence-electron chi connectivity index (χ0n) is 17.5. The van der Waals surface area contributed by atoms with Gasteiger partial charge in [0.1, 0.15) is 17.2 Å². The van der Waals surface area contributed by atoms with Crippen molar-refractivity contribution in [3.8, 4) is 0 Å². The molecule has 0 aliphatic carbocycles. The van der Waals surface area contributed by atoms with Crippen molar-refractivity contribution in [3.63, 3.8) is 0 Å². The molecule has 1 atom stereocenters. The summed E-state index contributed by atoms with van der Waals surface area (Å²) in [6.07, 6.45) is 1.48. The van der Waals surface area contributed by atoms with E-state index in [2.05, 4.69) is 9.03 Å². The van der Waals surface area contributed by atoms with Gasteiger partial charge in [0.15, 0.2) is 0 Å². The van der Waals surface area contributed by atoms with Gasteiger partial charge in [-0.1, -0.05) is 24.3 Å². The van der Waals surface area contributed by atoms with E-state index in [1.165, 1.54) is 36.4 Å². The molecule has 0 radical (unpaired) electrons.